The fourth-order valence-corrected chi connectivity index (χ4v) is 5.95. The van der Waals surface area contributed by atoms with Crippen LogP contribution in [0, 0.1) is 6.92 Å². The van der Waals surface area contributed by atoms with Gasteiger partial charge in [-0.05, 0) is 56.2 Å². The molecule has 216 valence electrons. The number of hydrogen-bond acceptors (Lipinski definition) is 5. The fourth-order valence-electron chi connectivity index (χ4n) is 5.22. The van der Waals surface area contributed by atoms with Crippen molar-refractivity contribution in [2.24, 2.45) is 0 Å². The highest BCUT2D eigenvalue weighted by atomic mass is 35.5. The summed E-state index contributed by atoms with van der Waals surface area (Å²) in [7, 11) is 0. The van der Waals surface area contributed by atoms with E-state index < -0.39 is 17.6 Å². The van der Waals surface area contributed by atoms with Crippen LogP contribution in [0.2, 0.25) is 10.0 Å². The standard InChI is InChI=1S/C27H28Cl2F3N5O2.CH4/c1-17-22(16-33-37(17)21-4-2-18(3-5-21)27(30,31)32)26(38)34-19-14-23(28)25(24(29)15-19)36-8-6-20(7-9-36)35-10-12-39-13-11-35;/h2-5,14-16,20H,6-13H2,1H3,(H,34,38);1H4. The molecular formula is C28H32Cl2F3N5O2. The van der Waals surface area contributed by atoms with E-state index in [9.17, 15) is 18.0 Å². The van der Waals surface area contributed by atoms with Gasteiger partial charge in [-0.3, -0.25) is 9.69 Å². The van der Waals surface area contributed by atoms with Gasteiger partial charge in [-0.2, -0.15) is 18.3 Å². The third kappa shape index (κ3) is 6.40. The van der Waals surface area contributed by atoms with E-state index in [0.29, 0.717) is 33.2 Å². The van der Waals surface area contributed by atoms with Gasteiger partial charge >= 0.3 is 6.18 Å². The number of halogens is 5. The summed E-state index contributed by atoms with van der Waals surface area (Å²) >= 11 is 13.3. The highest BCUT2D eigenvalue weighted by molar-refractivity contribution is 6.39. The van der Waals surface area contributed by atoms with Crippen LogP contribution in [0.5, 0.6) is 0 Å². The molecule has 0 aliphatic carbocycles. The van der Waals surface area contributed by atoms with Crippen LogP contribution in [-0.2, 0) is 10.9 Å². The Morgan fingerprint density at radius 2 is 1.62 bits per heavy atom. The van der Waals surface area contributed by atoms with Crippen molar-refractivity contribution in [3.8, 4) is 5.69 Å². The lowest BCUT2D eigenvalue weighted by Crippen LogP contribution is -2.49. The first kappa shape index (κ1) is 30.2. The molecule has 0 radical (unpaired) electrons. The van der Waals surface area contributed by atoms with Crippen molar-refractivity contribution in [2.75, 3.05) is 49.6 Å². The summed E-state index contributed by atoms with van der Waals surface area (Å²) in [6, 6.07) is 8.45. The second-order valence-corrected chi connectivity index (χ2v) is 10.5. The number of hydrogen-bond donors (Lipinski definition) is 1. The number of nitrogens with one attached hydrogen (secondary N) is 1. The molecule has 0 unspecified atom stereocenters. The first-order valence-corrected chi connectivity index (χ1v) is 13.5. The number of piperidine rings is 1. The van der Waals surface area contributed by atoms with Crippen molar-refractivity contribution in [3.05, 3.63) is 69.5 Å². The Labute approximate surface area is 241 Å². The van der Waals surface area contributed by atoms with Gasteiger partial charge in [-0.15, -0.1) is 0 Å². The molecule has 0 atom stereocenters. The summed E-state index contributed by atoms with van der Waals surface area (Å²) in [5, 5.41) is 7.89. The second kappa shape index (κ2) is 12.4. The molecule has 0 saturated carbocycles. The molecule has 2 aliphatic heterocycles. The van der Waals surface area contributed by atoms with Crippen molar-refractivity contribution >= 4 is 40.5 Å². The molecule has 1 aromatic heterocycles. The van der Waals surface area contributed by atoms with E-state index in [2.05, 4.69) is 20.2 Å². The molecule has 2 saturated heterocycles. The smallest absolute Gasteiger partial charge is 0.379 e. The Bertz CT molecular complexity index is 1310. The van der Waals surface area contributed by atoms with Crippen LogP contribution in [0.3, 0.4) is 0 Å². The van der Waals surface area contributed by atoms with E-state index >= 15 is 0 Å². The molecule has 3 aromatic rings. The average molecular weight is 598 g/mol. The van der Waals surface area contributed by atoms with E-state index in [0.717, 1.165) is 70.1 Å². The van der Waals surface area contributed by atoms with E-state index in [4.69, 9.17) is 27.9 Å². The molecule has 1 N–H and O–H groups in total. The topological polar surface area (TPSA) is 62.6 Å². The van der Waals surface area contributed by atoms with Crippen molar-refractivity contribution in [3.63, 3.8) is 0 Å². The Morgan fingerprint density at radius 1 is 1.02 bits per heavy atom. The zero-order valence-electron chi connectivity index (χ0n) is 21.3. The molecule has 3 heterocycles. The Morgan fingerprint density at radius 3 is 2.20 bits per heavy atom. The number of benzene rings is 2. The number of carbonyl (C=O) groups is 1. The summed E-state index contributed by atoms with van der Waals surface area (Å²) in [6.45, 7) is 6.81. The first-order chi connectivity index (χ1) is 18.6. The number of aromatic nitrogens is 2. The third-order valence-corrected chi connectivity index (χ3v) is 7.89. The van der Waals surface area contributed by atoms with Crippen LogP contribution in [0.25, 0.3) is 5.69 Å². The van der Waals surface area contributed by atoms with Gasteiger partial charge in [0, 0.05) is 37.9 Å². The zero-order valence-corrected chi connectivity index (χ0v) is 22.8. The maximum absolute atomic E-state index is 13.0. The minimum absolute atomic E-state index is 0. The highest BCUT2D eigenvalue weighted by Gasteiger charge is 2.30. The lowest BCUT2D eigenvalue weighted by atomic mass is 10.0. The SMILES string of the molecule is C.Cc1c(C(=O)Nc2cc(Cl)c(N3CCC(N4CCOCC4)CC3)c(Cl)c2)cnn1-c1ccc(C(F)(F)F)cc1. The lowest BCUT2D eigenvalue weighted by molar-refractivity contribution is -0.137. The zero-order chi connectivity index (χ0) is 27.7. The number of alkyl halides is 3. The summed E-state index contributed by atoms with van der Waals surface area (Å²) < 4.78 is 45.5. The summed E-state index contributed by atoms with van der Waals surface area (Å²) in [6.07, 6.45) is -1.04. The molecule has 0 spiro atoms. The quantitative estimate of drug-likeness (QED) is 0.355. The molecule has 12 heteroatoms. The number of anilines is 2. The summed E-state index contributed by atoms with van der Waals surface area (Å²) in [5.41, 5.74) is 1.59. The first-order valence-electron chi connectivity index (χ1n) is 12.7. The average Bonchev–Trinajstić information content (AvgIpc) is 3.30. The van der Waals surface area contributed by atoms with Gasteiger partial charge in [-0.25, -0.2) is 4.68 Å². The van der Waals surface area contributed by atoms with Gasteiger partial charge < -0.3 is 15.0 Å². The summed E-state index contributed by atoms with van der Waals surface area (Å²) in [5.74, 6) is -0.433. The van der Waals surface area contributed by atoms with Crippen LogP contribution >= 0.6 is 23.2 Å². The number of ether oxygens (including phenoxy) is 1. The van der Waals surface area contributed by atoms with Gasteiger partial charge in [0.2, 0.25) is 0 Å². The molecular weight excluding hydrogens is 566 g/mol. The molecule has 7 nitrogen and oxygen atoms in total. The van der Waals surface area contributed by atoms with Gasteiger partial charge in [-0.1, -0.05) is 30.6 Å². The number of carbonyl (C=O) groups excluding carboxylic acids is 1. The summed E-state index contributed by atoms with van der Waals surface area (Å²) in [4.78, 5) is 17.7. The molecule has 0 bridgehead atoms. The fraction of sp³-hybridized carbons (Fsp3) is 0.429. The predicted molar refractivity (Wildman–Crippen MR) is 152 cm³/mol. The third-order valence-electron chi connectivity index (χ3n) is 7.31. The van der Waals surface area contributed by atoms with Crippen molar-refractivity contribution in [2.45, 2.75) is 39.4 Å². The maximum Gasteiger partial charge on any atom is 0.416 e. The van der Waals surface area contributed by atoms with Crippen molar-refractivity contribution in [1.29, 1.82) is 0 Å². The largest absolute Gasteiger partial charge is 0.416 e. The second-order valence-electron chi connectivity index (χ2n) is 9.71. The van der Waals surface area contributed by atoms with Gasteiger partial charge in [0.15, 0.2) is 0 Å². The van der Waals surface area contributed by atoms with Crippen LogP contribution in [0.15, 0.2) is 42.6 Å². The van der Waals surface area contributed by atoms with Crippen LogP contribution in [0.1, 0.15) is 41.9 Å². The van der Waals surface area contributed by atoms with Crippen LogP contribution < -0.4 is 10.2 Å². The van der Waals surface area contributed by atoms with Gasteiger partial charge in [0.1, 0.15) is 0 Å². The van der Waals surface area contributed by atoms with E-state index in [-0.39, 0.29) is 13.0 Å². The van der Waals surface area contributed by atoms with E-state index in [1.54, 1.807) is 19.1 Å². The lowest BCUT2D eigenvalue weighted by Gasteiger charge is -2.41. The van der Waals surface area contributed by atoms with Crippen molar-refractivity contribution < 1.29 is 22.7 Å². The molecule has 2 fully saturated rings. The Balaban J connectivity index is 0.00000370. The predicted octanol–water partition coefficient (Wildman–Crippen LogP) is 6.70. The molecule has 2 aliphatic rings. The normalized spacial score (nSPS) is 17.0. The Hall–Kier alpha value is -2.79. The monoisotopic (exact) mass is 597 g/mol. The van der Waals surface area contributed by atoms with E-state index in [1.807, 2.05) is 0 Å². The van der Waals surface area contributed by atoms with Crippen molar-refractivity contribution in [1.82, 2.24) is 14.7 Å². The van der Waals surface area contributed by atoms with E-state index in [1.165, 1.54) is 23.0 Å². The maximum atomic E-state index is 13.0. The van der Waals surface area contributed by atoms with Gasteiger partial charge in [0.25, 0.3) is 5.91 Å². The number of nitrogens with zero attached hydrogens (tertiary/aromatic N) is 4. The molecule has 5 rings (SSSR count). The molecule has 2 aromatic carbocycles. The molecule has 1 amide bonds. The number of morpholine rings is 1. The molecule has 40 heavy (non-hydrogen) atoms. The number of amides is 1. The highest BCUT2D eigenvalue weighted by Crippen LogP contribution is 2.38. The number of rotatable bonds is 5. The van der Waals surface area contributed by atoms with Gasteiger partial charge in [0.05, 0.1) is 57.7 Å². The van der Waals surface area contributed by atoms with Crippen LogP contribution in [0.4, 0.5) is 24.5 Å². The minimum atomic E-state index is -4.43. The minimum Gasteiger partial charge on any atom is -0.379 e. The van der Waals surface area contributed by atoms with Crippen LogP contribution in [-0.4, -0.2) is 66.0 Å². The Kier molecular flexibility index (Phi) is 9.34.